The molecule has 1 aromatic rings. The average molecular weight is 307 g/mol. The minimum Gasteiger partial charge on any atom is -0.396 e. The standard InChI is InChI=1S/C16H25N3O3/c1-2-14-8-13(9-15(21)18-14)16(22)17-5-7-19-6-3-4-12(10-19)11-20/h8-9,12,20H,2-7,10-11H2,1H3,(H,17,22)(H,18,21)/t12-/m0/s1. The molecule has 2 heterocycles. The van der Waals surface area contributed by atoms with Crippen molar-refractivity contribution in [2.45, 2.75) is 26.2 Å². The van der Waals surface area contributed by atoms with Crippen LogP contribution in [-0.4, -0.2) is 53.7 Å². The molecule has 0 unspecified atom stereocenters. The lowest BCUT2D eigenvalue weighted by Crippen LogP contribution is -2.41. The van der Waals surface area contributed by atoms with Gasteiger partial charge in [0.1, 0.15) is 0 Å². The molecule has 0 saturated carbocycles. The number of pyridine rings is 1. The Morgan fingerprint density at radius 2 is 2.32 bits per heavy atom. The van der Waals surface area contributed by atoms with Crippen LogP contribution in [0, 0.1) is 5.92 Å². The smallest absolute Gasteiger partial charge is 0.251 e. The third-order valence-electron chi connectivity index (χ3n) is 4.12. The van der Waals surface area contributed by atoms with Crippen LogP contribution < -0.4 is 10.9 Å². The highest BCUT2D eigenvalue weighted by Crippen LogP contribution is 2.14. The summed E-state index contributed by atoms with van der Waals surface area (Å²) in [6.07, 6.45) is 2.85. The molecule has 1 amide bonds. The molecule has 0 spiro atoms. The third kappa shape index (κ3) is 4.68. The SMILES string of the molecule is CCc1cc(C(=O)NCCN2CCC[C@H](CO)C2)cc(=O)[nH]1. The Bertz CT molecular complexity index is 556. The van der Waals surface area contributed by atoms with E-state index >= 15 is 0 Å². The number of aromatic nitrogens is 1. The number of aliphatic hydroxyl groups excluding tert-OH is 1. The van der Waals surface area contributed by atoms with E-state index in [0.29, 0.717) is 24.4 Å². The predicted octanol–water partition coefficient (Wildman–Crippen LogP) is 0.371. The Kier molecular flexibility index (Phi) is 6.15. The van der Waals surface area contributed by atoms with Crippen molar-refractivity contribution in [2.24, 2.45) is 5.92 Å². The van der Waals surface area contributed by atoms with Crippen molar-refractivity contribution >= 4 is 5.91 Å². The fraction of sp³-hybridized carbons (Fsp3) is 0.625. The lowest BCUT2D eigenvalue weighted by molar-refractivity contribution is 0.0930. The van der Waals surface area contributed by atoms with Gasteiger partial charge in [0.25, 0.3) is 5.91 Å². The topological polar surface area (TPSA) is 85.4 Å². The zero-order valence-electron chi connectivity index (χ0n) is 13.1. The fourth-order valence-corrected chi connectivity index (χ4v) is 2.86. The van der Waals surface area contributed by atoms with Gasteiger partial charge in [-0.25, -0.2) is 0 Å². The van der Waals surface area contributed by atoms with E-state index in [2.05, 4.69) is 15.2 Å². The van der Waals surface area contributed by atoms with Crippen LogP contribution in [0.5, 0.6) is 0 Å². The number of H-pyrrole nitrogens is 1. The summed E-state index contributed by atoms with van der Waals surface area (Å²) in [7, 11) is 0. The first-order valence-corrected chi connectivity index (χ1v) is 7.97. The van der Waals surface area contributed by atoms with E-state index in [1.807, 2.05) is 6.92 Å². The van der Waals surface area contributed by atoms with Crippen LogP contribution in [0.1, 0.15) is 35.8 Å². The summed E-state index contributed by atoms with van der Waals surface area (Å²) in [6, 6.07) is 3.05. The van der Waals surface area contributed by atoms with Crippen LogP contribution in [-0.2, 0) is 6.42 Å². The molecule has 1 fully saturated rings. The molecule has 1 aromatic heterocycles. The molecule has 6 heteroatoms. The number of aliphatic hydroxyl groups is 1. The second-order valence-electron chi connectivity index (χ2n) is 5.86. The molecule has 1 aliphatic heterocycles. The second kappa shape index (κ2) is 8.10. The quantitative estimate of drug-likeness (QED) is 0.709. The zero-order valence-corrected chi connectivity index (χ0v) is 13.1. The summed E-state index contributed by atoms with van der Waals surface area (Å²) in [5.41, 5.74) is 0.929. The van der Waals surface area contributed by atoms with Gasteiger partial charge in [-0.05, 0) is 37.8 Å². The number of hydrogen-bond donors (Lipinski definition) is 3. The van der Waals surface area contributed by atoms with Crippen molar-refractivity contribution in [3.05, 3.63) is 33.7 Å². The summed E-state index contributed by atoms with van der Waals surface area (Å²) in [4.78, 5) is 28.6. The molecular weight excluding hydrogens is 282 g/mol. The molecule has 0 bridgehead atoms. The Labute approximate surface area is 130 Å². The number of aryl methyl sites for hydroxylation is 1. The van der Waals surface area contributed by atoms with Crippen molar-refractivity contribution in [2.75, 3.05) is 32.8 Å². The minimum absolute atomic E-state index is 0.212. The third-order valence-corrected chi connectivity index (χ3v) is 4.12. The molecule has 1 aliphatic rings. The molecule has 22 heavy (non-hydrogen) atoms. The lowest BCUT2D eigenvalue weighted by Gasteiger charge is -2.31. The number of piperidine rings is 1. The van der Waals surface area contributed by atoms with Gasteiger partial charge in [0, 0.05) is 43.6 Å². The van der Waals surface area contributed by atoms with Crippen LogP contribution >= 0.6 is 0 Å². The molecular formula is C16H25N3O3. The summed E-state index contributed by atoms with van der Waals surface area (Å²) < 4.78 is 0. The highest BCUT2D eigenvalue weighted by atomic mass is 16.3. The first-order chi connectivity index (χ1) is 10.6. The maximum Gasteiger partial charge on any atom is 0.251 e. The summed E-state index contributed by atoms with van der Waals surface area (Å²) >= 11 is 0. The van der Waals surface area contributed by atoms with Gasteiger partial charge in [0.2, 0.25) is 5.56 Å². The maximum atomic E-state index is 12.1. The highest BCUT2D eigenvalue weighted by molar-refractivity contribution is 5.94. The molecule has 6 nitrogen and oxygen atoms in total. The molecule has 1 saturated heterocycles. The Hall–Kier alpha value is -1.66. The van der Waals surface area contributed by atoms with E-state index in [9.17, 15) is 14.7 Å². The van der Waals surface area contributed by atoms with Gasteiger partial charge in [-0.2, -0.15) is 0 Å². The summed E-state index contributed by atoms with van der Waals surface area (Å²) in [6.45, 7) is 5.38. The van der Waals surface area contributed by atoms with Gasteiger partial charge >= 0.3 is 0 Å². The number of hydrogen-bond acceptors (Lipinski definition) is 4. The van der Waals surface area contributed by atoms with Crippen LogP contribution in [0.3, 0.4) is 0 Å². The van der Waals surface area contributed by atoms with Gasteiger partial charge in [-0.15, -0.1) is 0 Å². The largest absolute Gasteiger partial charge is 0.396 e. The van der Waals surface area contributed by atoms with Gasteiger partial charge < -0.3 is 20.3 Å². The number of likely N-dealkylation sites (tertiary alicyclic amines) is 1. The number of nitrogens with one attached hydrogen (secondary N) is 2. The molecule has 1 atom stereocenters. The van der Waals surface area contributed by atoms with E-state index in [1.54, 1.807) is 6.07 Å². The normalized spacial score (nSPS) is 19.1. The van der Waals surface area contributed by atoms with E-state index in [0.717, 1.165) is 38.2 Å². The van der Waals surface area contributed by atoms with Crippen molar-refractivity contribution in [1.82, 2.24) is 15.2 Å². The van der Waals surface area contributed by atoms with Crippen LogP contribution in [0.4, 0.5) is 0 Å². The van der Waals surface area contributed by atoms with Crippen LogP contribution in [0.2, 0.25) is 0 Å². The number of aromatic amines is 1. The molecule has 122 valence electrons. The van der Waals surface area contributed by atoms with Crippen molar-refractivity contribution in [3.8, 4) is 0 Å². The highest BCUT2D eigenvalue weighted by Gasteiger charge is 2.18. The molecule has 3 N–H and O–H groups in total. The maximum absolute atomic E-state index is 12.1. The van der Waals surface area contributed by atoms with E-state index in [-0.39, 0.29) is 18.1 Å². The average Bonchev–Trinajstić information content (AvgIpc) is 2.54. The lowest BCUT2D eigenvalue weighted by atomic mass is 9.99. The minimum atomic E-state index is -0.244. The number of amides is 1. The van der Waals surface area contributed by atoms with Crippen molar-refractivity contribution in [3.63, 3.8) is 0 Å². The Morgan fingerprint density at radius 1 is 1.50 bits per heavy atom. The van der Waals surface area contributed by atoms with Gasteiger partial charge in [-0.1, -0.05) is 6.92 Å². The van der Waals surface area contributed by atoms with Gasteiger partial charge in [0.05, 0.1) is 0 Å². The molecule has 0 aliphatic carbocycles. The van der Waals surface area contributed by atoms with Crippen molar-refractivity contribution in [1.29, 1.82) is 0 Å². The summed E-state index contributed by atoms with van der Waals surface area (Å²) in [5.74, 6) is 0.140. The van der Waals surface area contributed by atoms with Crippen LogP contribution in [0.25, 0.3) is 0 Å². The van der Waals surface area contributed by atoms with Crippen molar-refractivity contribution < 1.29 is 9.90 Å². The molecule has 0 aromatic carbocycles. The first kappa shape index (κ1) is 16.7. The number of carbonyl (C=O) groups excluding carboxylic acids is 1. The van der Waals surface area contributed by atoms with Gasteiger partial charge in [0.15, 0.2) is 0 Å². The van der Waals surface area contributed by atoms with Gasteiger partial charge in [-0.3, -0.25) is 9.59 Å². The van der Waals surface area contributed by atoms with E-state index < -0.39 is 0 Å². The number of nitrogens with zero attached hydrogens (tertiary/aromatic N) is 1. The predicted molar refractivity (Wildman–Crippen MR) is 85.0 cm³/mol. The zero-order chi connectivity index (χ0) is 15.9. The van der Waals surface area contributed by atoms with E-state index in [4.69, 9.17) is 0 Å². The van der Waals surface area contributed by atoms with E-state index in [1.165, 1.54) is 6.07 Å². The Morgan fingerprint density at radius 3 is 3.05 bits per heavy atom. The fourth-order valence-electron chi connectivity index (χ4n) is 2.86. The monoisotopic (exact) mass is 307 g/mol. The molecule has 2 rings (SSSR count). The summed E-state index contributed by atoms with van der Waals surface area (Å²) in [5, 5.41) is 12.1. The number of rotatable bonds is 6. The first-order valence-electron chi connectivity index (χ1n) is 7.97. The second-order valence-corrected chi connectivity index (χ2v) is 5.86. The molecule has 0 radical (unpaired) electrons. The van der Waals surface area contributed by atoms with Crippen LogP contribution in [0.15, 0.2) is 16.9 Å². The Balaban J connectivity index is 1.83. The number of carbonyl (C=O) groups is 1.